The van der Waals surface area contributed by atoms with E-state index in [-0.39, 0.29) is 0 Å². The zero-order chi connectivity index (χ0) is 20.1. The topological polar surface area (TPSA) is 17.1 Å². The minimum Gasteiger partial charge on any atom is -0.299 e. The number of ketones is 1. The monoisotopic (exact) mass is 386 g/mol. The Labute approximate surface area is 174 Å². The van der Waals surface area contributed by atoms with Crippen molar-refractivity contribution in [2.24, 2.45) is 52.3 Å². The van der Waals surface area contributed by atoms with Gasteiger partial charge in [0.15, 0.2) is 0 Å². The van der Waals surface area contributed by atoms with Gasteiger partial charge >= 0.3 is 0 Å². The number of hydrogen-bond acceptors (Lipinski definition) is 1. The van der Waals surface area contributed by atoms with Crippen LogP contribution in [0.1, 0.15) is 112 Å². The fraction of sp³-hybridized carbons (Fsp3) is 0.963. The van der Waals surface area contributed by atoms with Crippen LogP contribution in [0.4, 0.5) is 0 Å². The Morgan fingerprint density at radius 2 is 1.71 bits per heavy atom. The number of hydrogen-bond donors (Lipinski definition) is 0. The maximum absolute atomic E-state index is 13.4. The Balaban J connectivity index is 1.52. The molecule has 1 heteroatoms. The average molecular weight is 387 g/mol. The van der Waals surface area contributed by atoms with Gasteiger partial charge in [0.25, 0.3) is 0 Å². The van der Waals surface area contributed by atoms with E-state index in [0.29, 0.717) is 34.4 Å². The van der Waals surface area contributed by atoms with E-state index in [1.807, 2.05) is 0 Å². The second kappa shape index (κ2) is 7.73. The molecule has 0 aliphatic heterocycles. The van der Waals surface area contributed by atoms with Crippen molar-refractivity contribution in [2.45, 2.75) is 112 Å². The molecule has 8 atom stereocenters. The maximum atomic E-state index is 13.4. The lowest BCUT2D eigenvalue weighted by Crippen LogP contribution is -2.54. The molecule has 0 unspecified atom stereocenters. The van der Waals surface area contributed by atoms with Crippen LogP contribution in [0.25, 0.3) is 0 Å². The summed E-state index contributed by atoms with van der Waals surface area (Å²) in [6, 6.07) is 0. The summed E-state index contributed by atoms with van der Waals surface area (Å²) >= 11 is 0. The molecular weight excluding hydrogens is 340 g/mol. The normalized spacial score (nSPS) is 46.8. The number of carbonyl (C=O) groups excluding carboxylic acids is 1. The first kappa shape index (κ1) is 20.9. The summed E-state index contributed by atoms with van der Waals surface area (Å²) in [7, 11) is 0. The van der Waals surface area contributed by atoms with E-state index < -0.39 is 0 Å². The molecule has 0 saturated heterocycles. The molecule has 4 aliphatic rings. The Morgan fingerprint density at radius 3 is 2.46 bits per heavy atom. The maximum Gasteiger partial charge on any atom is 0.137 e. The molecule has 28 heavy (non-hydrogen) atoms. The van der Waals surface area contributed by atoms with Gasteiger partial charge in [-0.3, -0.25) is 4.79 Å². The van der Waals surface area contributed by atoms with E-state index in [1.165, 1.54) is 70.6 Å². The van der Waals surface area contributed by atoms with Crippen molar-refractivity contribution < 1.29 is 4.79 Å². The van der Waals surface area contributed by atoms with Crippen molar-refractivity contribution in [1.29, 1.82) is 0 Å². The second-order valence-corrected chi connectivity index (χ2v) is 12.4. The van der Waals surface area contributed by atoms with Crippen LogP contribution in [-0.4, -0.2) is 5.78 Å². The number of rotatable bonds is 5. The van der Waals surface area contributed by atoms with E-state index >= 15 is 0 Å². The number of fused-ring (bicyclic) bond motifs is 5. The fourth-order valence-electron chi connectivity index (χ4n) is 9.03. The highest BCUT2D eigenvalue weighted by molar-refractivity contribution is 5.85. The smallest absolute Gasteiger partial charge is 0.137 e. The zero-order valence-electron chi connectivity index (χ0n) is 19.4. The zero-order valence-corrected chi connectivity index (χ0v) is 19.4. The Bertz CT molecular complexity index is 579. The molecule has 0 spiro atoms. The van der Waals surface area contributed by atoms with Crippen LogP contribution in [0.5, 0.6) is 0 Å². The third-order valence-corrected chi connectivity index (χ3v) is 10.5. The van der Waals surface area contributed by atoms with Crippen molar-refractivity contribution in [1.82, 2.24) is 0 Å². The van der Waals surface area contributed by atoms with E-state index in [4.69, 9.17) is 0 Å². The summed E-state index contributed by atoms with van der Waals surface area (Å²) < 4.78 is 0. The molecular formula is C27H46O. The lowest BCUT2D eigenvalue weighted by Gasteiger charge is -2.60. The molecule has 4 fully saturated rings. The van der Waals surface area contributed by atoms with Crippen molar-refractivity contribution in [3.05, 3.63) is 0 Å². The predicted molar refractivity (Wildman–Crippen MR) is 118 cm³/mol. The van der Waals surface area contributed by atoms with Gasteiger partial charge in [0.1, 0.15) is 5.78 Å². The van der Waals surface area contributed by atoms with Crippen molar-refractivity contribution >= 4 is 5.78 Å². The summed E-state index contributed by atoms with van der Waals surface area (Å²) in [5.41, 5.74) is 0.844. The second-order valence-electron chi connectivity index (χ2n) is 12.4. The van der Waals surface area contributed by atoms with Gasteiger partial charge in [-0.05, 0) is 84.9 Å². The van der Waals surface area contributed by atoms with Gasteiger partial charge in [-0.1, -0.05) is 66.7 Å². The largest absolute Gasteiger partial charge is 0.299 e. The molecule has 4 saturated carbocycles. The first-order chi connectivity index (χ1) is 13.3. The first-order valence-corrected chi connectivity index (χ1v) is 12.8. The van der Waals surface area contributed by atoms with Crippen LogP contribution in [-0.2, 0) is 4.79 Å². The van der Waals surface area contributed by atoms with Crippen LogP contribution in [0.2, 0.25) is 0 Å². The van der Waals surface area contributed by atoms with Crippen molar-refractivity contribution in [3.63, 3.8) is 0 Å². The molecule has 0 N–H and O–H groups in total. The van der Waals surface area contributed by atoms with Gasteiger partial charge in [-0.15, -0.1) is 0 Å². The Morgan fingerprint density at radius 1 is 0.929 bits per heavy atom. The molecule has 0 radical (unpaired) electrons. The van der Waals surface area contributed by atoms with Crippen LogP contribution in [0.3, 0.4) is 0 Å². The molecule has 0 aromatic heterocycles. The van der Waals surface area contributed by atoms with E-state index in [0.717, 1.165) is 30.1 Å². The Hall–Kier alpha value is -0.330. The quantitative estimate of drug-likeness (QED) is 0.473. The highest BCUT2D eigenvalue weighted by Crippen LogP contribution is 2.67. The number of Topliss-reactive ketones (excluding diaryl/α,β-unsaturated/α-hetero) is 1. The van der Waals surface area contributed by atoms with E-state index in [9.17, 15) is 4.79 Å². The molecule has 4 aliphatic carbocycles. The standard InChI is InChI=1S/C27H46O/c1-18(2)9-8-10-19(3)23-17-24(28)25-21-13-12-20-11-6-7-15-26(20,4)22(21)14-16-27(23,25)5/h18-23,25H,6-17H2,1-5H3/t19-,20-,21-,22+,23-,25-,26+,27-/m1/s1. The molecule has 4 rings (SSSR count). The molecule has 0 amide bonds. The number of carbonyl (C=O) groups is 1. The SMILES string of the molecule is CC(C)CCC[C@@H](C)[C@H]1CC(=O)[C@H]2[C@@H]3CC[C@H]4CCCC[C@]4(C)[C@H]3CC[C@]12C. The van der Waals surface area contributed by atoms with Gasteiger partial charge in [-0.25, -0.2) is 0 Å². The van der Waals surface area contributed by atoms with Gasteiger partial charge in [0.2, 0.25) is 0 Å². The third kappa shape index (κ3) is 3.31. The molecule has 0 bridgehead atoms. The summed E-state index contributed by atoms with van der Waals surface area (Å²) in [4.78, 5) is 13.4. The molecule has 1 nitrogen and oxygen atoms in total. The molecule has 0 aromatic carbocycles. The summed E-state index contributed by atoms with van der Waals surface area (Å²) in [6.07, 6.45) is 16.2. The molecule has 0 aromatic rings. The molecule has 0 heterocycles. The predicted octanol–water partition coefficient (Wildman–Crippen LogP) is 7.68. The third-order valence-electron chi connectivity index (χ3n) is 10.5. The average Bonchev–Trinajstić information content (AvgIpc) is 2.92. The summed E-state index contributed by atoms with van der Waals surface area (Å²) in [5.74, 6) is 5.73. The summed E-state index contributed by atoms with van der Waals surface area (Å²) in [5, 5.41) is 0. The van der Waals surface area contributed by atoms with Crippen LogP contribution in [0.15, 0.2) is 0 Å². The lowest BCUT2D eigenvalue weighted by atomic mass is 9.44. The van der Waals surface area contributed by atoms with Gasteiger partial charge in [0, 0.05) is 12.3 Å². The molecule has 160 valence electrons. The van der Waals surface area contributed by atoms with Crippen molar-refractivity contribution in [3.8, 4) is 0 Å². The van der Waals surface area contributed by atoms with E-state index in [1.54, 1.807) is 0 Å². The van der Waals surface area contributed by atoms with Crippen LogP contribution in [0, 0.1) is 52.3 Å². The van der Waals surface area contributed by atoms with Crippen LogP contribution < -0.4 is 0 Å². The lowest BCUT2D eigenvalue weighted by molar-refractivity contribution is -0.141. The van der Waals surface area contributed by atoms with E-state index in [2.05, 4.69) is 34.6 Å². The fourth-order valence-corrected chi connectivity index (χ4v) is 9.03. The summed E-state index contributed by atoms with van der Waals surface area (Å²) in [6.45, 7) is 12.3. The van der Waals surface area contributed by atoms with Crippen LogP contribution >= 0.6 is 0 Å². The van der Waals surface area contributed by atoms with Gasteiger partial charge in [-0.2, -0.15) is 0 Å². The van der Waals surface area contributed by atoms with Crippen molar-refractivity contribution in [2.75, 3.05) is 0 Å². The Kier molecular flexibility index (Phi) is 5.78. The first-order valence-electron chi connectivity index (χ1n) is 12.8. The van der Waals surface area contributed by atoms with Gasteiger partial charge < -0.3 is 0 Å². The minimum absolute atomic E-state index is 0.299. The highest BCUT2D eigenvalue weighted by Gasteiger charge is 2.62. The highest BCUT2D eigenvalue weighted by atomic mass is 16.1. The van der Waals surface area contributed by atoms with Gasteiger partial charge in [0.05, 0.1) is 0 Å². The minimum atomic E-state index is 0.299.